The van der Waals surface area contributed by atoms with Crippen LogP contribution in [0.15, 0.2) is 0 Å². The van der Waals surface area contributed by atoms with Crippen LogP contribution < -0.4 is 0 Å². The van der Waals surface area contributed by atoms with Gasteiger partial charge >= 0.3 is 5.82 Å². The number of rotatable bonds is 5. The fraction of sp³-hybridized carbons (Fsp3) is 0.625. The van der Waals surface area contributed by atoms with E-state index in [-0.39, 0.29) is 11.5 Å². The van der Waals surface area contributed by atoms with Crippen molar-refractivity contribution in [1.82, 2.24) is 9.55 Å². The van der Waals surface area contributed by atoms with E-state index in [2.05, 4.69) is 9.17 Å². The second-order valence-electron chi connectivity index (χ2n) is 3.43. The zero-order valence-electron chi connectivity index (χ0n) is 9.71. The monoisotopic (exact) mass is 263 g/mol. The van der Waals surface area contributed by atoms with E-state index in [0.29, 0.717) is 12.2 Å². The molecule has 0 aliphatic heterocycles. The Morgan fingerprint density at radius 2 is 2.12 bits per heavy atom. The lowest BCUT2D eigenvalue weighted by Crippen LogP contribution is -2.08. The Morgan fingerprint density at radius 1 is 1.53 bits per heavy atom. The van der Waals surface area contributed by atoms with Gasteiger partial charge in [0.2, 0.25) is 5.82 Å². The minimum Gasteiger partial charge on any atom is -0.358 e. The lowest BCUT2D eigenvalue weighted by atomic mass is 10.4. The molecule has 96 valence electrons. The van der Waals surface area contributed by atoms with Crippen LogP contribution in [0.2, 0.25) is 0 Å². The number of hydrogen-bond acceptors (Lipinski definition) is 6. The van der Waals surface area contributed by atoms with Crippen molar-refractivity contribution in [2.75, 3.05) is 6.26 Å². The zero-order chi connectivity index (χ0) is 13.2. The van der Waals surface area contributed by atoms with Crippen molar-refractivity contribution < 1.29 is 17.5 Å². The number of hydrogen-bond donors (Lipinski definition) is 0. The number of nitro groups is 1. The van der Waals surface area contributed by atoms with Crippen LogP contribution in [0.1, 0.15) is 18.4 Å². The Bertz CT molecular complexity index is 534. The van der Waals surface area contributed by atoms with Crippen molar-refractivity contribution in [2.24, 2.45) is 7.05 Å². The molecule has 0 amide bonds. The van der Waals surface area contributed by atoms with Crippen molar-refractivity contribution >= 4 is 15.9 Å². The molecule has 0 radical (unpaired) electrons. The number of aryl methyl sites for hydroxylation is 1. The van der Waals surface area contributed by atoms with Crippen molar-refractivity contribution in [1.29, 1.82) is 0 Å². The van der Waals surface area contributed by atoms with E-state index in [9.17, 15) is 18.5 Å². The summed E-state index contributed by atoms with van der Waals surface area (Å²) in [4.78, 5) is 13.9. The van der Waals surface area contributed by atoms with Gasteiger partial charge in [-0.3, -0.25) is 4.18 Å². The van der Waals surface area contributed by atoms with Gasteiger partial charge < -0.3 is 14.7 Å². The van der Waals surface area contributed by atoms with Crippen molar-refractivity contribution in [3.8, 4) is 0 Å². The van der Waals surface area contributed by atoms with Crippen LogP contribution in [-0.2, 0) is 34.4 Å². The Labute approximate surface area is 98.5 Å². The first kappa shape index (κ1) is 13.6. The van der Waals surface area contributed by atoms with Crippen LogP contribution in [-0.4, -0.2) is 29.1 Å². The van der Waals surface area contributed by atoms with Gasteiger partial charge in [-0.2, -0.15) is 8.42 Å². The fourth-order valence-electron chi connectivity index (χ4n) is 1.35. The van der Waals surface area contributed by atoms with Gasteiger partial charge in [-0.15, -0.1) is 0 Å². The van der Waals surface area contributed by atoms with E-state index >= 15 is 0 Å². The molecular formula is C8H13N3O5S. The predicted octanol–water partition coefficient (Wildman–Crippen LogP) is 0.367. The molecule has 0 N–H and O–H groups in total. The lowest BCUT2D eigenvalue weighted by molar-refractivity contribution is -0.390. The normalized spacial score (nSPS) is 11.7. The molecule has 9 heteroatoms. The molecule has 0 atom stereocenters. The highest BCUT2D eigenvalue weighted by molar-refractivity contribution is 7.85. The maximum atomic E-state index is 10.9. The first-order valence-electron chi connectivity index (χ1n) is 4.79. The lowest BCUT2D eigenvalue weighted by Gasteiger charge is -2.02. The molecular weight excluding hydrogens is 250 g/mol. The number of nitrogens with zero attached hydrogens (tertiary/aromatic N) is 3. The van der Waals surface area contributed by atoms with E-state index in [1.165, 1.54) is 4.57 Å². The highest BCUT2D eigenvalue weighted by Crippen LogP contribution is 2.20. The quantitative estimate of drug-likeness (QED) is 0.431. The van der Waals surface area contributed by atoms with Gasteiger partial charge in [-0.05, 0) is 9.91 Å². The highest BCUT2D eigenvalue weighted by Gasteiger charge is 2.25. The Morgan fingerprint density at radius 3 is 2.53 bits per heavy atom. The average Bonchev–Trinajstić information content (AvgIpc) is 2.51. The smallest absolute Gasteiger partial charge is 0.358 e. The SMILES string of the molecule is CCc1nc([N+](=O)[O-])c(COS(C)(=O)=O)n1C. The molecule has 1 heterocycles. The van der Waals surface area contributed by atoms with E-state index < -0.39 is 21.6 Å². The second-order valence-corrected chi connectivity index (χ2v) is 5.08. The van der Waals surface area contributed by atoms with Gasteiger partial charge in [0.05, 0.1) is 6.26 Å². The van der Waals surface area contributed by atoms with Crippen LogP contribution in [0, 0.1) is 10.1 Å². The van der Waals surface area contributed by atoms with Gasteiger partial charge in [0.15, 0.2) is 0 Å². The molecule has 0 spiro atoms. The first-order valence-corrected chi connectivity index (χ1v) is 6.61. The largest absolute Gasteiger partial charge is 0.387 e. The topological polar surface area (TPSA) is 104 Å². The number of aromatic nitrogens is 2. The van der Waals surface area contributed by atoms with Gasteiger partial charge in [-0.1, -0.05) is 6.92 Å². The van der Waals surface area contributed by atoms with E-state index in [1.807, 2.05) is 0 Å². The molecule has 0 saturated heterocycles. The Hall–Kier alpha value is -1.48. The summed E-state index contributed by atoms with van der Waals surface area (Å²) < 4.78 is 27.7. The van der Waals surface area contributed by atoms with Crippen LogP contribution in [0.25, 0.3) is 0 Å². The minimum absolute atomic E-state index is 0.136. The van der Waals surface area contributed by atoms with Gasteiger partial charge in [0.1, 0.15) is 12.3 Å². The zero-order valence-corrected chi connectivity index (χ0v) is 10.5. The molecule has 0 aromatic carbocycles. The molecule has 17 heavy (non-hydrogen) atoms. The predicted molar refractivity (Wildman–Crippen MR) is 58.9 cm³/mol. The summed E-state index contributed by atoms with van der Waals surface area (Å²) in [5.74, 6) is 0.136. The molecule has 1 aromatic rings. The summed E-state index contributed by atoms with van der Waals surface area (Å²) in [7, 11) is -2.06. The second kappa shape index (κ2) is 4.80. The van der Waals surface area contributed by atoms with Crippen molar-refractivity contribution in [3.05, 3.63) is 21.6 Å². The van der Waals surface area contributed by atoms with E-state index in [0.717, 1.165) is 6.26 Å². The minimum atomic E-state index is -3.64. The molecule has 0 aliphatic carbocycles. The molecule has 8 nitrogen and oxygen atoms in total. The average molecular weight is 263 g/mol. The van der Waals surface area contributed by atoms with Crippen molar-refractivity contribution in [2.45, 2.75) is 20.0 Å². The van der Waals surface area contributed by atoms with Crippen molar-refractivity contribution in [3.63, 3.8) is 0 Å². The standard InChI is InChI=1S/C8H13N3O5S/c1-4-7-9-8(11(12)13)6(10(7)2)5-16-17(3,14)15/h4-5H2,1-3H3. The summed E-state index contributed by atoms with van der Waals surface area (Å²) in [5.41, 5.74) is 0.136. The first-order chi connectivity index (χ1) is 7.76. The molecule has 0 saturated carbocycles. The summed E-state index contributed by atoms with van der Waals surface area (Å²) >= 11 is 0. The summed E-state index contributed by atoms with van der Waals surface area (Å²) in [6.07, 6.45) is 1.39. The summed E-state index contributed by atoms with van der Waals surface area (Å²) in [5, 5.41) is 10.8. The maximum Gasteiger partial charge on any atom is 0.387 e. The summed E-state index contributed by atoms with van der Waals surface area (Å²) in [6.45, 7) is 1.41. The van der Waals surface area contributed by atoms with Crippen LogP contribution in [0.4, 0.5) is 5.82 Å². The molecule has 1 rings (SSSR count). The molecule has 0 bridgehead atoms. The van der Waals surface area contributed by atoms with Crippen LogP contribution in [0.5, 0.6) is 0 Å². The molecule has 0 aliphatic rings. The summed E-state index contributed by atoms with van der Waals surface area (Å²) in [6, 6.07) is 0. The highest BCUT2D eigenvalue weighted by atomic mass is 32.2. The third kappa shape index (κ3) is 3.24. The molecule has 0 fully saturated rings. The molecule has 0 unspecified atom stereocenters. The maximum absolute atomic E-state index is 10.9. The van der Waals surface area contributed by atoms with E-state index in [1.54, 1.807) is 14.0 Å². The number of imidazole rings is 1. The van der Waals surface area contributed by atoms with Gasteiger partial charge in [-0.25, -0.2) is 0 Å². The van der Waals surface area contributed by atoms with Gasteiger partial charge in [0.25, 0.3) is 10.1 Å². The third-order valence-corrected chi connectivity index (χ3v) is 2.73. The van der Waals surface area contributed by atoms with E-state index in [4.69, 9.17) is 0 Å². The van der Waals surface area contributed by atoms with Crippen LogP contribution >= 0.6 is 0 Å². The Kier molecular flexibility index (Phi) is 3.83. The Balaban J connectivity index is 3.12. The fourth-order valence-corrected chi connectivity index (χ4v) is 1.68. The van der Waals surface area contributed by atoms with Gasteiger partial charge in [0, 0.05) is 13.5 Å². The third-order valence-electron chi connectivity index (χ3n) is 2.18. The van der Waals surface area contributed by atoms with Crippen LogP contribution in [0.3, 0.4) is 0 Å². The molecule has 1 aromatic heterocycles.